The Morgan fingerprint density at radius 1 is 1.53 bits per heavy atom. The summed E-state index contributed by atoms with van der Waals surface area (Å²) < 4.78 is 16.7. The highest BCUT2D eigenvalue weighted by Crippen LogP contribution is 2.48. The lowest BCUT2D eigenvalue weighted by atomic mass is 9.74. The van der Waals surface area contributed by atoms with Gasteiger partial charge in [0.15, 0.2) is 14.1 Å². The molecule has 0 N–H and O–H groups in total. The Morgan fingerprint density at radius 3 is 2.82 bits per heavy atom. The second kappa shape index (κ2) is 4.22. The van der Waals surface area contributed by atoms with Crippen LogP contribution in [0.4, 0.5) is 0 Å². The third-order valence-corrected chi connectivity index (χ3v) is 4.00. The zero-order valence-corrected chi connectivity index (χ0v) is 11.9. The molecule has 2 rings (SSSR count). The van der Waals surface area contributed by atoms with Crippen LogP contribution in [0.25, 0.3) is 0 Å². The van der Waals surface area contributed by atoms with E-state index in [0.717, 1.165) is 12.8 Å². The average Bonchev–Trinajstić information content (AvgIpc) is 2.20. The van der Waals surface area contributed by atoms with Crippen molar-refractivity contribution in [2.75, 3.05) is 13.7 Å². The molecule has 1 heterocycles. The zero-order valence-electron chi connectivity index (χ0n) is 10.9. The maximum absolute atomic E-state index is 11.6. The Bertz CT molecular complexity index is 358. The van der Waals surface area contributed by atoms with Gasteiger partial charge in [-0.2, -0.15) is 0 Å². The van der Waals surface area contributed by atoms with Gasteiger partial charge in [-0.3, -0.25) is 0 Å². The molecule has 4 nitrogen and oxygen atoms in total. The quantitative estimate of drug-likeness (QED) is 0.573. The summed E-state index contributed by atoms with van der Waals surface area (Å²) in [7, 11) is -0.295. The van der Waals surface area contributed by atoms with Gasteiger partial charge in [-0.05, 0) is 38.6 Å². The first-order valence-electron chi connectivity index (χ1n) is 6.03. The summed E-state index contributed by atoms with van der Waals surface area (Å²) in [4.78, 5) is 11.6. The molecule has 0 radical (unpaired) electrons. The van der Waals surface area contributed by atoms with Gasteiger partial charge in [0.25, 0.3) is 0 Å². The first-order chi connectivity index (χ1) is 7.88. The van der Waals surface area contributed by atoms with Gasteiger partial charge in [-0.1, -0.05) is 0 Å². The van der Waals surface area contributed by atoms with Crippen molar-refractivity contribution < 1.29 is 18.7 Å². The molecule has 0 saturated carbocycles. The summed E-state index contributed by atoms with van der Waals surface area (Å²) in [6.07, 6.45) is 3.71. The van der Waals surface area contributed by atoms with Gasteiger partial charge < -0.3 is 13.9 Å². The molecule has 0 bridgehead atoms. The van der Waals surface area contributed by atoms with Crippen molar-refractivity contribution in [3.8, 4) is 0 Å². The Hall–Kier alpha value is -0.653. The second-order valence-corrected chi connectivity index (χ2v) is 10.00. The van der Waals surface area contributed by atoms with Crippen molar-refractivity contribution in [3.05, 3.63) is 11.6 Å². The van der Waals surface area contributed by atoms with Gasteiger partial charge in [0.2, 0.25) is 0 Å². The molecule has 1 fully saturated rings. The summed E-state index contributed by atoms with van der Waals surface area (Å²) in [5, 5.41) is 0. The van der Waals surface area contributed by atoms with Crippen LogP contribution in [0.5, 0.6) is 0 Å². The van der Waals surface area contributed by atoms with Gasteiger partial charge in [0.1, 0.15) is 0 Å². The standard InChI is InChI=1S/C12H20O4Si/c1-14-11(13)9-8-12(16-17(2,3)4)10(9)6-5-7-15-12/h8,10H,5-7H2,1-4H3/t10-,12-/m0/s1. The number of fused-ring (bicyclic) bond motifs is 1. The van der Waals surface area contributed by atoms with Crippen LogP contribution in [0.15, 0.2) is 11.6 Å². The van der Waals surface area contributed by atoms with Gasteiger partial charge >= 0.3 is 5.97 Å². The van der Waals surface area contributed by atoms with E-state index in [1.54, 1.807) is 6.08 Å². The molecule has 0 amide bonds. The van der Waals surface area contributed by atoms with Crippen molar-refractivity contribution in [1.82, 2.24) is 0 Å². The summed E-state index contributed by atoms with van der Waals surface area (Å²) in [6.45, 7) is 7.08. The van der Waals surface area contributed by atoms with Crippen molar-refractivity contribution >= 4 is 14.3 Å². The highest BCUT2D eigenvalue weighted by atomic mass is 28.4. The number of methoxy groups -OCH3 is 1. The Labute approximate surface area is 103 Å². The molecule has 0 unspecified atom stereocenters. The summed E-state index contributed by atoms with van der Waals surface area (Å²) >= 11 is 0. The Balaban J connectivity index is 2.21. The summed E-state index contributed by atoms with van der Waals surface area (Å²) in [6, 6.07) is 0. The lowest BCUT2D eigenvalue weighted by Gasteiger charge is -2.51. The molecule has 96 valence electrons. The maximum Gasteiger partial charge on any atom is 0.334 e. The molecule has 1 saturated heterocycles. The van der Waals surface area contributed by atoms with E-state index in [4.69, 9.17) is 13.9 Å². The third-order valence-electron chi connectivity index (χ3n) is 3.07. The van der Waals surface area contributed by atoms with Crippen LogP contribution in [-0.2, 0) is 18.7 Å². The van der Waals surface area contributed by atoms with Gasteiger partial charge in [-0.15, -0.1) is 0 Å². The minimum absolute atomic E-state index is 0.0513. The van der Waals surface area contributed by atoms with E-state index >= 15 is 0 Å². The molecule has 0 aromatic carbocycles. The van der Waals surface area contributed by atoms with Gasteiger partial charge in [0.05, 0.1) is 13.7 Å². The molecule has 1 aliphatic carbocycles. The maximum atomic E-state index is 11.6. The van der Waals surface area contributed by atoms with Crippen LogP contribution in [0.1, 0.15) is 12.8 Å². The highest BCUT2D eigenvalue weighted by Gasteiger charge is 2.55. The zero-order chi connectivity index (χ0) is 12.7. The van der Waals surface area contributed by atoms with Gasteiger partial charge in [0, 0.05) is 11.5 Å². The van der Waals surface area contributed by atoms with E-state index < -0.39 is 14.1 Å². The minimum atomic E-state index is -1.70. The van der Waals surface area contributed by atoms with Crippen LogP contribution < -0.4 is 0 Å². The smallest absolute Gasteiger partial charge is 0.334 e. The number of esters is 1. The normalized spacial score (nSPS) is 32.2. The number of hydrogen-bond donors (Lipinski definition) is 0. The van der Waals surface area contributed by atoms with Crippen LogP contribution in [-0.4, -0.2) is 33.8 Å². The summed E-state index contributed by atoms with van der Waals surface area (Å²) in [5.41, 5.74) is 0.713. The largest absolute Gasteiger partial charge is 0.466 e. The minimum Gasteiger partial charge on any atom is -0.466 e. The Kier molecular flexibility index (Phi) is 3.18. The molecule has 2 atom stereocenters. The lowest BCUT2D eigenvalue weighted by molar-refractivity contribution is -0.220. The van der Waals surface area contributed by atoms with Crippen LogP contribution in [0.3, 0.4) is 0 Å². The summed E-state index contributed by atoms with van der Waals surface area (Å²) in [5.74, 6) is -0.850. The molecule has 5 heteroatoms. The number of rotatable bonds is 3. The lowest BCUT2D eigenvalue weighted by Crippen LogP contribution is -2.58. The van der Waals surface area contributed by atoms with Crippen molar-refractivity contribution in [3.63, 3.8) is 0 Å². The number of hydrogen-bond acceptors (Lipinski definition) is 4. The van der Waals surface area contributed by atoms with E-state index in [1.165, 1.54) is 7.11 Å². The molecule has 0 aromatic heterocycles. The number of ether oxygens (including phenoxy) is 2. The number of carbonyl (C=O) groups excluding carboxylic acids is 1. The Morgan fingerprint density at radius 2 is 2.24 bits per heavy atom. The molecule has 0 spiro atoms. The van der Waals surface area contributed by atoms with E-state index in [2.05, 4.69) is 19.6 Å². The molecule has 17 heavy (non-hydrogen) atoms. The monoisotopic (exact) mass is 256 g/mol. The van der Waals surface area contributed by atoms with E-state index in [9.17, 15) is 4.79 Å². The van der Waals surface area contributed by atoms with E-state index in [-0.39, 0.29) is 11.9 Å². The molecule has 1 aliphatic heterocycles. The first-order valence-corrected chi connectivity index (χ1v) is 9.44. The molecular formula is C12H20O4Si. The SMILES string of the molecule is COC(=O)C1=C[C@@]2(O[Si](C)(C)C)OCCC[C@@H]12. The fraction of sp³-hybridized carbons (Fsp3) is 0.750. The predicted molar refractivity (Wildman–Crippen MR) is 65.9 cm³/mol. The van der Waals surface area contributed by atoms with Crippen LogP contribution >= 0.6 is 0 Å². The van der Waals surface area contributed by atoms with Crippen molar-refractivity contribution in [2.45, 2.75) is 38.3 Å². The topological polar surface area (TPSA) is 44.8 Å². The van der Waals surface area contributed by atoms with E-state index in [1.807, 2.05) is 0 Å². The highest BCUT2D eigenvalue weighted by molar-refractivity contribution is 6.69. The van der Waals surface area contributed by atoms with E-state index in [0.29, 0.717) is 12.2 Å². The fourth-order valence-electron chi connectivity index (χ4n) is 2.48. The average molecular weight is 256 g/mol. The number of carbonyl (C=O) groups is 1. The molecular weight excluding hydrogens is 236 g/mol. The third kappa shape index (κ3) is 2.32. The van der Waals surface area contributed by atoms with Gasteiger partial charge in [-0.25, -0.2) is 4.79 Å². The van der Waals surface area contributed by atoms with Crippen LogP contribution in [0.2, 0.25) is 19.6 Å². The molecule has 0 aromatic rings. The second-order valence-electron chi connectivity index (χ2n) is 5.57. The first kappa shape index (κ1) is 12.8. The molecule has 2 aliphatic rings. The van der Waals surface area contributed by atoms with Crippen molar-refractivity contribution in [2.24, 2.45) is 5.92 Å². The fourth-order valence-corrected chi connectivity index (χ4v) is 3.70. The van der Waals surface area contributed by atoms with Crippen molar-refractivity contribution in [1.29, 1.82) is 0 Å². The van der Waals surface area contributed by atoms with Crippen LogP contribution in [0, 0.1) is 5.92 Å². The predicted octanol–water partition coefficient (Wildman–Crippen LogP) is 2.07.